The third-order valence-electron chi connectivity index (χ3n) is 4.93. The van der Waals surface area contributed by atoms with Gasteiger partial charge in [-0.1, -0.05) is 35.5 Å². The second-order valence-electron chi connectivity index (χ2n) is 7.22. The first-order chi connectivity index (χ1) is 15.0. The Hall–Kier alpha value is -2.24. The number of hydrogen-bond donors (Lipinski definition) is 0. The van der Waals surface area contributed by atoms with Gasteiger partial charge in [0.2, 0.25) is 0 Å². The molecule has 2 aromatic carbocycles. The predicted molar refractivity (Wildman–Crippen MR) is 117 cm³/mol. The average Bonchev–Trinajstić information content (AvgIpc) is 3.17. The van der Waals surface area contributed by atoms with Gasteiger partial charge in [0.15, 0.2) is 21.6 Å². The Balaban J connectivity index is 1.64. The van der Waals surface area contributed by atoms with Gasteiger partial charge in [0, 0.05) is 10.3 Å². The van der Waals surface area contributed by atoms with Crippen molar-refractivity contribution in [3.63, 3.8) is 0 Å². The molecule has 0 N–H and O–H groups in total. The summed E-state index contributed by atoms with van der Waals surface area (Å²) in [6.07, 6.45) is -4.66. The van der Waals surface area contributed by atoms with E-state index in [4.69, 9.17) is 16.3 Å². The van der Waals surface area contributed by atoms with Crippen molar-refractivity contribution < 1.29 is 31.1 Å². The van der Waals surface area contributed by atoms with Crippen LogP contribution in [-0.4, -0.2) is 48.9 Å². The lowest BCUT2D eigenvalue weighted by molar-refractivity contribution is -0.137. The number of sulfone groups is 1. The quantitative estimate of drug-likeness (QED) is 0.625. The molecule has 1 amide bonds. The number of amides is 1. The summed E-state index contributed by atoms with van der Waals surface area (Å²) in [5, 5.41) is -0.00642. The lowest BCUT2D eigenvalue weighted by atomic mass is 10.1. The number of amidine groups is 1. The number of carbonyl (C=O) groups is 1. The molecule has 2 fully saturated rings. The van der Waals surface area contributed by atoms with Crippen LogP contribution in [0.3, 0.4) is 0 Å². The normalized spacial score (nSPS) is 23.4. The summed E-state index contributed by atoms with van der Waals surface area (Å²) in [6.45, 7) is -0.436. The molecule has 2 heterocycles. The van der Waals surface area contributed by atoms with E-state index < -0.39 is 45.4 Å². The topological polar surface area (TPSA) is 76.0 Å². The molecule has 4 rings (SSSR count). The van der Waals surface area contributed by atoms with Gasteiger partial charge in [0.25, 0.3) is 5.91 Å². The van der Waals surface area contributed by atoms with Crippen molar-refractivity contribution in [1.82, 2.24) is 0 Å². The van der Waals surface area contributed by atoms with Crippen molar-refractivity contribution in [2.24, 2.45) is 4.99 Å². The minimum absolute atomic E-state index is 0.0244. The number of hydrogen-bond acceptors (Lipinski definition) is 5. The fourth-order valence-electron chi connectivity index (χ4n) is 3.58. The average molecular weight is 505 g/mol. The molecule has 2 aromatic rings. The van der Waals surface area contributed by atoms with Crippen molar-refractivity contribution in [3.05, 3.63) is 59.1 Å². The SMILES string of the molecule is O=C(COc1ccc(Cl)cc1)N=C1S[C@H]2CS(=O)(=O)C[C@@H]2N1c1ccccc1C(F)(F)F. The van der Waals surface area contributed by atoms with E-state index in [2.05, 4.69) is 4.99 Å². The summed E-state index contributed by atoms with van der Waals surface area (Å²) >= 11 is 6.79. The van der Waals surface area contributed by atoms with E-state index in [9.17, 15) is 26.4 Å². The lowest BCUT2D eigenvalue weighted by Gasteiger charge is -2.27. The van der Waals surface area contributed by atoms with Crippen molar-refractivity contribution >= 4 is 50.0 Å². The van der Waals surface area contributed by atoms with Gasteiger partial charge in [0.1, 0.15) is 5.75 Å². The molecule has 0 spiro atoms. The molecule has 12 heteroatoms. The van der Waals surface area contributed by atoms with Crippen LogP contribution in [0, 0.1) is 0 Å². The van der Waals surface area contributed by atoms with Gasteiger partial charge in [-0.25, -0.2) is 8.42 Å². The number of nitrogens with zero attached hydrogens (tertiary/aromatic N) is 2. The van der Waals surface area contributed by atoms with Crippen LogP contribution in [0.4, 0.5) is 18.9 Å². The fraction of sp³-hybridized carbons (Fsp3) is 0.300. The highest BCUT2D eigenvalue weighted by Crippen LogP contribution is 2.45. The zero-order valence-corrected chi connectivity index (χ0v) is 18.6. The summed E-state index contributed by atoms with van der Waals surface area (Å²) in [7, 11) is -3.42. The summed E-state index contributed by atoms with van der Waals surface area (Å²) in [4.78, 5) is 17.6. The molecule has 0 unspecified atom stereocenters. The molecule has 0 radical (unpaired) electrons. The number of para-hydroxylation sites is 1. The second kappa shape index (κ2) is 8.60. The van der Waals surface area contributed by atoms with E-state index >= 15 is 0 Å². The number of rotatable bonds is 4. The number of fused-ring (bicyclic) bond motifs is 1. The Morgan fingerprint density at radius 2 is 1.84 bits per heavy atom. The molecular formula is C20H16ClF3N2O4S2. The molecule has 0 bridgehead atoms. The highest BCUT2D eigenvalue weighted by molar-refractivity contribution is 8.16. The summed E-state index contributed by atoms with van der Waals surface area (Å²) in [5.41, 5.74) is -1.16. The molecular weight excluding hydrogens is 489 g/mol. The van der Waals surface area contributed by atoms with Gasteiger partial charge < -0.3 is 9.64 Å². The Morgan fingerprint density at radius 3 is 2.53 bits per heavy atom. The van der Waals surface area contributed by atoms with Gasteiger partial charge in [-0.05, 0) is 36.4 Å². The number of benzene rings is 2. The van der Waals surface area contributed by atoms with E-state index in [0.29, 0.717) is 10.8 Å². The number of thioether (sulfide) groups is 1. The number of anilines is 1. The van der Waals surface area contributed by atoms with Crippen LogP contribution in [0.25, 0.3) is 0 Å². The van der Waals surface area contributed by atoms with E-state index in [0.717, 1.165) is 17.8 Å². The zero-order valence-electron chi connectivity index (χ0n) is 16.3. The van der Waals surface area contributed by atoms with Crippen LogP contribution in [0.15, 0.2) is 53.5 Å². The van der Waals surface area contributed by atoms with Crippen LogP contribution in [-0.2, 0) is 20.8 Å². The maximum absolute atomic E-state index is 13.6. The maximum Gasteiger partial charge on any atom is 0.418 e. The Bertz CT molecular complexity index is 1170. The standard InChI is InChI=1S/C20H16ClF3N2O4S2/c21-12-5-7-13(8-6-12)30-9-18(27)25-19-26(16-10-32(28,29)11-17(16)31-19)15-4-2-1-3-14(15)20(22,23)24/h1-8,16-17H,9-11H2/t16-,17-/m0/s1. The van der Waals surface area contributed by atoms with Crippen molar-refractivity contribution in [3.8, 4) is 5.75 Å². The van der Waals surface area contributed by atoms with Crippen LogP contribution in [0.5, 0.6) is 5.75 Å². The molecule has 0 aromatic heterocycles. The number of aliphatic imine (C=N–C) groups is 1. The summed E-state index contributed by atoms with van der Waals surface area (Å²) in [6, 6.07) is 10.4. The minimum atomic E-state index is -4.66. The third kappa shape index (κ3) is 4.89. The van der Waals surface area contributed by atoms with E-state index in [1.54, 1.807) is 24.3 Å². The zero-order chi connectivity index (χ0) is 23.1. The van der Waals surface area contributed by atoms with Gasteiger partial charge in [0.05, 0.1) is 28.8 Å². The molecule has 0 aliphatic carbocycles. The van der Waals surface area contributed by atoms with Crippen LogP contribution in [0.1, 0.15) is 5.56 Å². The smallest absolute Gasteiger partial charge is 0.418 e. The van der Waals surface area contributed by atoms with Gasteiger partial charge in [-0.3, -0.25) is 4.79 Å². The van der Waals surface area contributed by atoms with Gasteiger partial charge in [-0.15, -0.1) is 0 Å². The Morgan fingerprint density at radius 1 is 1.16 bits per heavy atom. The number of alkyl halides is 3. The maximum atomic E-state index is 13.6. The highest BCUT2D eigenvalue weighted by atomic mass is 35.5. The molecule has 2 aliphatic rings. The predicted octanol–water partition coefficient (Wildman–Crippen LogP) is 4.04. The fourth-order valence-corrected chi connectivity index (χ4v) is 7.63. The minimum Gasteiger partial charge on any atom is -0.484 e. The molecule has 0 saturated carbocycles. The molecule has 2 atom stereocenters. The first-order valence-electron chi connectivity index (χ1n) is 9.36. The van der Waals surface area contributed by atoms with E-state index in [1.165, 1.54) is 23.1 Å². The molecule has 170 valence electrons. The first kappa shape index (κ1) is 22.9. The number of carbonyl (C=O) groups excluding carboxylic acids is 1. The first-order valence-corrected chi connectivity index (χ1v) is 12.4. The van der Waals surface area contributed by atoms with Crippen molar-refractivity contribution in [2.45, 2.75) is 17.5 Å². The number of ether oxygens (including phenoxy) is 1. The monoisotopic (exact) mass is 504 g/mol. The van der Waals surface area contributed by atoms with Gasteiger partial charge in [-0.2, -0.15) is 18.2 Å². The van der Waals surface area contributed by atoms with Crippen LogP contribution in [0.2, 0.25) is 5.02 Å². The van der Waals surface area contributed by atoms with Crippen molar-refractivity contribution in [2.75, 3.05) is 23.0 Å². The Kier molecular flexibility index (Phi) is 6.17. The molecule has 32 heavy (non-hydrogen) atoms. The van der Waals surface area contributed by atoms with E-state index in [-0.39, 0.29) is 22.4 Å². The third-order valence-corrected chi connectivity index (χ3v) is 8.39. The van der Waals surface area contributed by atoms with E-state index in [1.807, 2.05) is 0 Å². The van der Waals surface area contributed by atoms with Gasteiger partial charge >= 0.3 is 6.18 Å². The highest BCUT2D eigenvalue weighted by Gasteiger charge is 2.51. The Labute approximate surface area is 191 Å². The van der Waals surface area contributed by atoms with Crippen LogP contribution >= 0.6 is 23.4 Å². The molecule has 6 nitrogen and oxygen atoms in total. The number of halogens is 4. The molecule has 2 aliphatic heterocycles. The molecule has 2 saturated heterocycles. The lowest BCUT2D eigenvalue weighted by Crippen LogP contribution is -2.39. The second-order valence-corrected chi connectivity index (χ2v) is 11.0. The van der Waals surface area contributed by atoms with Crippen LogP contribution < -0.4 is 9.64 Å². The summed E-state index contributed by atoms with van der Waals surface area (Å²) < 4.78 is 70.5. The van der Waals surface area contributed by atoms with Crippen molar-refractivity contribution in [1.29, 1.82) is 0 Å². The summed E-state index contributed by atoms with van der Waals surface area (Å²) in [5.74, 6) is -0.837. The largest absolute Gasteiger partial charge is 0.484 e.